The van der Waals surface area contributed by atoms with Gasteiger partial charge >= 0.3 is 0 Å². The van der Waals surface area contributed by atoms with Crippen LogP contribution in [0.2, 0.25) is 0 Å². The van der Waals surface area contributed by atoms with Crippen molar-refractivity contribution in [2.24, 2.45) is 0 Å². The molecule has 98 valence electrons. The van der Waals surface area contributed by atoms with Gasteiger partial charge in [0.1, 0.15) is 19.3 Å². The molecule has 1 aromatic rings. The van der Waals surface area contributed by atoms with Gasteiger partial charge < -0.3 is 9.84 Å². The Balaban J connectivity index is 1.58. The Kier molecular flexibility index (Phi) is 3.22. The zero-order valence-electron chi connectivity index (χ0n) is 10.1. The van der Waals surface area contributed by atoms with E-state index < -0.39 is 5.60 Å². The molecule has 0 amide bonds. The maximum atomic E-state index is 9.78. The molecule has 5 nitrogen and oxygen atoms in total. The molecular formula is C13H17NO4. The molecule has 1 saturated carbocycles. The number of para-hydroxylation sites is 1. The Labute approximate surface area is 106 Å². The molecule has 1 heterocycles. The summed E-state index contributed by atoms with van der Waals surface area (Å²) in [4.78, 5) is 11.1. The quantitative estimate of drug-likeness (QED) is 0.584. The molecule has 1 aliphatic carbocycles. The first-order valence-corrected chi connectivity index (χ1v) is 6.20. The van der Waals surface area contributed by atoms with Crippen LogP contribution in [0.1, 0.15) is 12.8 Å². The van der Waals surface area contributed by atoms with Crippen LogP contribution in [-0.2, 0) is 14.4 Å². The topological polar surface area (TPSA) is 54.5 Å². The highest BCUT2D eigenvalue weighted by atomic mass is 17.0. The standard InChI is InChI=1S/C13H17NO4/c15-13(6-7-13)10-18-14(17-9-12-8-16-12)11-4-2-1-3-5-11/h1-5,12,15H,6-10H2. The molecule has 5 heteroatoms. The van der Waals surface area contributed by atoms with Gasteiger partial charge in [-0.25, -0.2) is 9.68 Å². The lowest BCUT2D eigenvalue weighted by molar-refractivity contribution is -0.117. The first-order valence-electron chi connectivity index (χ1n) is 6.20. The highest BCUT2D eigenvalue weighted by Crippen LogP contribution is 2.35. The Bertz CT molecular complexity index is 389. The molecule has 1 saturated heterocycles. The van der Waals surface area contributed by atoms with Crippen LogP contribution in [0.3, 0.4) is 0 Å². The molecule has 0 radical (unpaired) electrons. The highest BCUT2D eigenvalue weighted by molar-refractivity contribution is 5.40. The first kappa shape index (κ1) is 11.9. The minimum absolute atomic E-state index is 0.170. The number of epoxide rings is 1. The van der Waals surface area contributed by atoms with Crippen molar-refractivity contribution in [3.63, 3.8) is 0 Å². The van der Waals surface area contributed by atoms with E-state index >= 15 is 0 Å². The van der Waals surface area contributed by atoms with Crippen LogP contribution in [0.15, 0.2) is 30.3 Å². The highest BCUT2D eigenvalue weighted by Gasteiger charge is 2.41. The van der Waals surface area contributed by atoms with Crippen LogP contribution in [0.25, 0.3) is 0 Å². The zero-order valence-corrected chi connectivity index (χ0v) is 10.1. The summed E-state index contributed by atoms with van der Waals surface area (Å²) in [6.07, 6.45) is 1.76. The molecule has 1 N–H and O–H groups in total. The lowest BCUT2D eigenvalue weighted by Crippen LogP contribution is -2.30. The molecule has 1 aromatic carbocycles. The van der Waals surface area contributed by atoms with Crippen molar-refractivity contribution < 1.29 is 19.5 Å². The van der Waals surface area contributed by atoms with Crippen LogP contribution in [0, 0.1) is 0 Å². The van der Waals surface area contributed by atoms with Crippen molar-refractivity contribution in [3.8, 4) is 0 Å². The fraction of sp³-hybridized carbons (Fsp3) is 0.538. The van der Waals surface area contributed by atoms with Crippen molar-refractivity contribution in [1.29, 1.82) is 0 Å². The lowest BCUT2D eigenvalue weighted by atomic mass is 10.3. The number of hydrogen-bond donors (Lipinski definition) is 1. The molecular weight excluding hydrogens is 234 g/mol. The Hall–Kier alpha value is -1.14. The average molecular weight is 251 g/mol. The lowest BCUT2D eigenvalue weighted by Gasteiger charge is -2.23. The molecule has 1 unspecified atom stereocenters. The molecule has 0 bridgehead atoms. The van der Waals surface area contributed by atoms with Crippen LogP contribution < -0.4 is 5.23 Å². The van der Waals surface area contributed by atoms with Crippen molar-refractivity contribution in [2.75, 3.05) is 25.0 Å². The third-order valence-electron chi connectivity index (χ3n) is 3.02. The van der Waals surface area contributed by atoms with E-state index in [2.05, 4.69) is 0 Å². The minimum atomic E-state index is -0.660. The minimum Gasteiger partial charge on any atom is -0.387 e. The van der Waals surface area contributed by atoms with E-state index in [1.807, 2.05) is 30.3 Å². The van der Waals surface area contributed by atoms with E-state index in [-0.39, 0.29) is 12.7 Å². The maximum absolute atomic E-state index is 9.78. The van der Waals surface area contributed by atoms with Crippen LogP contribution in [-0.4, -0.2) is 36.6 Å². The fourth-order valence-corrected chi connectivity index (χ4v) is 1.52. The number of aliphatic hydroxyl groups is 1. The predicted molar refractivity (Wildman–Crippen MR) is 64.7 cm³/mol. The smallest absolute Gasteiger partial charge is 0.107 e. The summed E-state index contributed by atoms with van der Waals surface area (Å²) in [5.74, 6) is 0. The molecule has 3 rings (SSSR count). The third kappa shape index (κ3) is 3.20. The largest absolute Gasteiger partial charge is 0.387 e. The normalized spacial score (nSPS) is 23.7. The Morgan fingerprint density at radius 2 is 2.00 bits per heavy atom. The van der Waals surface area contributed by atoms with Gasteiger partial charge in [-0.3, -0.25) is 0 Å². The number of ether oxygens (including phenoxy) is 1. The molecule has 1 atom stereocenters. The van der Waals surface area contributed by atoms with E-state index in [0.29, 0.717) is 6.61 Å². The summed E-state index contributed by atoms with van der Waals surface area (Å²) in [7, 11) is 0. The van der Waals surface area contributed by atoms with Gasteiger partial charge in [0.2, 0.25) is 0 Å². The zero-order chi connectivity index (χ0) is 12.4. The van der Waals surface area contributed by atoms with Gasteiger partial charge in [0, 0.05) is 0 Å². The van der Waals surface area contributed by atoms with Gasteiger partial charge in [-0.2, -0.15) is 0 Å². The summed E-state index contributed by atoms with van der Waals surface area (Å²) >= 11 is 0. The van der Waals surface area contributed by atoms with Crippen LogP contribution in [0.5, 0.6) is 0 Å². The summed E-state index contributed by atoms with van der Waals surface area (Å²) in [5, 5.41) is 11.2. The van der Waals surface area contributed by atoms with Crippen LogP contribution >= 0.6 is 0 Å². The summed E-state index contributed by atoms with van der Waals surface area (Å²) in [6.45, 7) is 1.47. The van der Waals surface area contributed by atoms with E-state index in [4.69, 9.17) is 14.4 Å². The molecule has 2 fully saturated rings. The second-order valence-corrected chi connectivity index (χ2v) is 4.84. The number of benzene rings is 1. The third-order valence-corrected chi connectivity index (χ3v) is 3.02. The summed E-state index contributed by atoms with van der Waals surface area (Å²) in [5.41, 5.74) is 0.148. The molecule has 0 spiro atoms. The van der Waals surface area contributed by atoms with E-state index in [0.717, 1.165) is 25.1 Å². The SMILES string of the molecule is OC1(CON(OCC2CO2)c2ccccc2)CC1. The molecule has 1 aliphatic heterocycles. The summed E-state index contributed by atoms with van der Waals surface area (Å²) < 4.78 is 5.10. The monoisotopic (exact) mass is 251 g/mol. The fourth-order valence-electron chi connectivity index (χ4n) is 1.52. The molecule has 2 aliphatic rings. The van der Waals surface area contributed by atoms with Crippen molar-refractivity contribution in [1.82, 2.24) is 0 Å². The van der Waals surface area contributed by atoms with Gasteiger partial charge in [-0.05, 0) is 25.0 Å². The van der Waals surface area contributed by atoms with Gasteiger partial charge in [0.05, 0.1) is 17.9 Å². The van der Waals surface area contributed by atoms with Gasteiger partial charge in [0.15, 0.2) is 0 Å². The van der Waals surface area contributed by atoms with Crippen molar-refractivity contribution in [2.45, 2.75) is 24.5 Å². The molecule has 0 aromatic heterocycles. The van der Waals surface area contributed by atoms with Crippen molar-refractivity contribution >= 4 is 5.69 Å². The van der Waals surface area contributed by atoms with E-state index in [1.54, 1.807) is 0 Å². The maximum Gasteiger partial charge on any atom is 0.107 e. The average Bonchev–Trinajstić information content (AvgIpc) is 3.29. The van der Waals surface area contributed by atoms with Gasteiger partial charge in [-0.1, -0.05) is 18.2 Å². The molecule has 18 heavy (non-hydrogen) atoms. The number of nitrogens with zero attached hydrogens (tertiary/aromatic N) is 1. The Morgan fingerprint density at radius 1 is 1.28 bits per heavy atom. The second-order valence-electron chi connectivity index (χ2n) is 4.84. The predicted octanol–water partition coefficient (Wildman–Crippen LogP) is 1.28. The number of hydrogen-bond acceptors (Lipinski definition) is 5. The Morgan fingerprint density at radius 3 is 2.61 bits per heavy atom. The second kappa shape index (κ2) is 4.85. The van der Waals surface area contributed by atoms with E-state index in [1.165, 1.54) is 5.23 Å². The number of rotatable bonds is 7. The van der Waals surface area contributed by atoms with Crippen molar-refractivity contribution in [3.05, 3.63) is 30.3 Å². The summed E-state index contributed by atoms with van der Waals surface area (Å²) in [6, 6.07) is 9.54. The van der Waals surface area contributed by atoms with Crippen LogP contribution in [0.4, 0.5) is 5.69 Å². The van der Waals surface area contributed by atoms with Gasteiger partial charge in [0.25, 0.3) is 0 Å². The van der Waals surface area contributed by atoms with Gasteiger partial charge in [-0.15, -0.1) is 5.23 Å². The van der Waals surface area contributed by atoms with E-state index in [9.17, 15) is 5.11 Å². The first-order chi connectivity index (χ1) is 8.75. The number of anilines is 1.